The lowest BCUT2D eigenvalue weighted by atomic mass is 10.0. The third-order valence-electron chi connectivity index (χ3n) is 3.41. The van der Waals surface area contributed by atoms with E-state index in [1.54, 1.807) is 6.07 Å². The molecule has 0 atom stereocenters. The first-order valence-electron chi connectivity index (χ1n) is 6.95. The number of hydrogen-bond acceptors (Lipinski definition) is 2. The highest BCUT2D eigenvalue weighted by Crippen LogP contribution is 2.27. The normalized spacial score (nSPS) is 10.9. The molecule has 0 aliphatic heterocycles. The second-order valence-corrected chi connectivity index (χ2v) is 4.81. The molecule has 0 aliphatic carbocycles. The van der Waals surface area contributed by atoms with Crippen LogP contribution in [0.4, 0.5) is 0 Å². The Bertz CT molecular complexity index is 628. The number of ether oxygens (including phenoxy) is 1. The molecule has 2 aromatic rings. The fourth-order valence-corrected chi connectivity index (χ4v) is 2.40. The second-order valence-electron chi connectivity index (χ2n) is 4.81. The molecule has 0 bridgehead atoms. The van der Waals surface area contributed by atoms with Crippen LogP contribution in [0.25, 0.3) is 10.9 Å². The molecule has 0 saturated carbocycles. The summed E-state index contributed by atoms with van der Waals surface area (Å²) in [5, 5.41) is 1.13. The van der Waals surface area contributed by atoms with Crippen LogP contribution in [-0.4, -0.2) is 11.6 Å². The largest absolute Gasteiger partial charge is 0.494 e. The van der Waals surface area contributed by atoms with E-state index in [1.165, 1.54) is 0 Å². The number of rotatable bonds is 5. The van der Waals surface area contributed by atoms with E-state index in [1.807, 2.05) is 26.0 Å². The van der Waals surface area contributed by atoms with Gasteiger partial charge in [0, 0.05) is 17.0 Å². The third-order valence-corrected chi connectivity index (χ3v) is 3.41. The van der Waals surface area contributed by atoms with Gasteiger partial charge in [0.15, 0.2) is 0 Å². The van der Waals surface area contributed by atoms with Gasteiger partial charge >= 0.3 is 0 Å². The minimum Gasteiger partial charge on any atom is -0.494 e. The van der Waals surface area contributed by atoms with Gasteiger partial charge in [0.1, 0.15) is 5.75 Å². The van der Waals surface area contributed by atoms with Gasteiger partial charge in [-0.15, -0.1) is 0 Å². The maximum absolute atomic E-state index is 11.8. The zero-order valence-corrected chi connectivity index (χ0v) is 11.9. The predicted molar refractivity (Wildman–Crippen MR) is 79.1 cm³/mol. The molecule has 102 valence electrons. The molecule has 0 unspecified atom stereocenters. The summed E-state index contributed by atoms with van der Waals surface area (Å²) in [5.74, 6) is 0.846. The highest BCUT2D eigenvalue weighted by atomic mass is 16.5. The van der Waals surface area contributed by atoms with Gasteiger partial charge in [-0.05, 0) is 44.4 Å². The van der Waals surface area contributed by atoms with Crippen molar-refractivity contribution in [2.45, 2.75) is 40.0 Å². The lowest BCUT2D eigenvalue weighted by molar-refractivity contribution is 0.338. The molecule has 0 saturated heterocycles. The number of unbranched alkanes of at least 4 members (excludes halogenated alkanes) is 1. The molecule has 1 heterocycles. The van der Waals surface area contributed by atoms with Gasteiger partial charge < -0.3 is 9.72 Å². The third kappa shape index (κ3) is 2.80. The maximum Gasteiger partial charge on any atom is 0.248 e. The fraction of sp³-hybridized carbons (Fsp3) is 0.438. The molecule has 1 N–H and O–H groups in total. The van der Waals surface area contributed by atoms with E-state index in [4.69, 9.17) is 4.74 Å². The minimum absolute atomic E-state index is 0.0321. The molecule has 0 fully saturated rings. The van der Waals surface area contributed by atoms with Crippen LogP contribution in [-0.2, 0) is 6.42 Å². The Labute approximate surface area is 113 Å². The van der Waals surface area contributed by atoms with Crippen LogP contribution in [0.2, 0.25) is 0 Å². The van der Waals surface area contributed by atoms with Crippen molar-refractivity contribution in [2.24, 2.45) is 0 Å². The number of pyridine rings is 1. The standard InChI is InChI=1S/C16H21NO2/c1-4-6-7-12-10-15(18)17-16-11(3)14(19-5-2)9-8-13(12)16/h8-10H,4-7H2,1-3H3,(H,17,18). The maximum atomic E-state index is 11.8. The zero-order valence-electron chi connectivity index (χ0n) is 11.9. The van der Waals surface area contributed by atoms with Crippen molar-refractivity contribution in [3.63, 3.8) is 0 Å². The number of aromatic amines is 1. The average Bonchev–Trinajstić information content (AvgIpc) is 2.40. The van der Waals surface area contributed by atoms with Crippen molar-refractivity contribution >= 4 is 10.9 Å². The lowest BCUT2D eigenvalue weighted by Crippen LogP contribution is -2.08. The highest BCUT2D eigenvalue weighted by molar-refractivity contribution is 5.86. The Kier molecular flexibility index (Phi) is 4.25. The Morgan fingerprint density at radius 3 is 2.74 bits per heavy atom. The number of benzene rings is 1. The molecule has 0 radical (unpaired) electrons. The van der Waals surface area contributed by atoms with E-state index in [0.717, 1.165) is 47.0 Å². The van der Waals surface area contributed by atoms with E-state index in [2.05, 4.69) is 11.9 Å². The first-order chi connectivity index (χ1) is 9.17. The van der Waals surface area contributed by atoms with Gasteiger partial charge in [-0.25, -0.2) is 0 Å². The number of fused-ring (bicyclic) bond motifs is 1. The smallest absolute Gasteiger partial charge is 0.248 e. The SMILES string of the molecule is CCCCc1cc(=O)[nH]c2c(C)c(OCC)ccc12. The van der Waals surface area contributed by atoms with Gasteiger partial charge in [0.2, 0.25) is 5.56 Å². The first-order valence-corrected chi connectivity index (χ1v) is 6.95. The summed E-state index contributed by atoms with van der Waals surface area (Å²) in [6.45, 7) is 6.75. The number of hydrogen-bond donors (Lipinski definition) is 1. The summed E-state index contributed by atoms with van der Waals surface area (Å²) < 4.78 is 5.58. The van der Waals surface area contributed by atoms with Crippen molar-refractivity contribution in [3.05, 3.63) is 39.7 Å². The predicted octanol–water partition coefficient (Wildman–Crippen LogP) is 3.58. The van der Waals surface area contributed by atoms with Crippen LogP contribution in [0.5, 0.6) is 5.75 Å². The van der Waals surface area contributed by atoms with Gasteiger partial charge in [0.05, 0.1) is 12.1 Å². The molecule has 1 aromatic carbocycles. The molecular weight excluding hydrogens is 238 g/mol. The molecule has 0 amide bonds. The molecule has 3 heteroatoms. The summed E-state index contributed by atoms with van der Waals surface area (Å²) in [6.07, 6.45) is 3.18. The Balaban J connectivity index is 2.60. The topological polar surface area (TPSA) is 42.1 Å². The van der Waals surface area contributed by atoms with Gasteiger partial charge in [0.25, 0.3) is 0 Å². The summed E-state index contributed by atoms with van der Waals surface area (Å²) in [5.41, 5.74) is 3.02. The monoisotopic (exact) mass is 259 g/mol. The first kappa shape index (κ1) is 13.7. The van der Waals surface area contributed by atoms with Crippen molar-refractivity contribution in [1.29, 1.82) is 0 Å². The van der Waals surface area contributed by atoms with Crippen molar-refractivity contribution in [3.8, 4) is 5.75 Å². The van der Waals surface area contributed by atoms with Crippen LogP contribution in [0.1, 0.15) is 37.8 Å². The summed E-state index contributed by atoms with van der Waals surface area (Å²) in [6, 6.07) is 5.76. The molecule has 0 aliphatic rings. The molecule has 0 spiro atoms. The van der Waals surface area contributed by atoms with Crippen molar-refractivity contribution < 1.29 is 4.74 Å². The van der Waals surface area contributed by atoms with Crippen LogP contribution in [0.15, 0.2) is 23.0 Å². The van der Waals surface area contributed by atoms with E-state index >= 15 is 0 Å². The number of nitrogens with one attached hydrogen (secondary N) is 1. The molecule has 19 heavy (non-hydrogen) atoms. The Morgan fingerprint density at radius 1 is 1.26 bits per heavy atom. The number of H-pyrrole nitrogens is 1. The molecule has 3 nitrogen and oxygen atoms in total. The Hall–Kier alpha value is -1.77. The van der Waals surface area contributed by atoms with Gasteiger partial charge in [-0.1, -0.05) is 13.3 Å². The summed E-state index contributed by atoms with van der Waals surface area (Å²) in [4.78, 5) is 14.7. The Morgan fingerprint density at radius 2 is 2.05 bits per heavy atom. The molecule has 2 rings (SSSR count). The quantitative estimate of drug-likeness (QED) is 0.891. The zero-order chi connectivity index (χ0) is 13.8. The van der Waals surface area contributed by atoms with Crippen molar-refractivity contribution in [2.75, 3.05) is 6.61 Å². The van der Waals surface area contributed by atoms with Crippen LogP contribution in [0.3, 0.4) is 0 Å². The van der Waals surface area contributed by atoms with Gasteiger partial charge in [-0.3, -0.25) is 4.79 Å². The summed E-state index contributed by atoms with van der Waals surface area (Å²) >= 11 is 0. The van der Waals surface area contributed by atoms with E-state index < -0.39 is 0 Å². The molecular formula is C16H21NO2. The van der Waals surface area contributed by atoms with E-state index in [0.29, 0.717) is 6.61 Å². The van der Waals surface area contributed by atoms with Gasteiger partial charge in [-0.2, -0.15) is 0 Å². The average molecular weight is 259 g/mol. The van der Waals surface area contributed by atoms with E-state index in [9.17, 15) is 4.79 Å². The second kappa shape index (κ2) is 5.91. The number of aromatic nitrogens is 1. The van der Waals surface area contributed by atoms with Crippen LogP contribution in [0, 0.1) is 6.92 Å². The van der Waals surface area contributed by atoms with Crippen molar-refractivity contribution in [1.82, 2.24) is 4.98 Å². The fourth-order valence-electron chi connectivity index (χ4n) is 2.40. The van der Waals surface area contributed by atoms with Crippen LogP contribution >= 0.6 is 0 Å². The lowest BCUT2D eigenvalue weighted by Gasteiger charge is -2.12. The van der Waals surface area contributed by atoms with Crippen LogP contribution < -0.4 is 10.3 Å². The number of aryl methyl sites for hydroxylation is 2. The highest BCUT2D eigenvalue weighted by Gasteiger charge is 2.09. The van der Waals surface area contributed by atoms with E-state index in [-0.39, 0.29) is 5.56 Å². The minimum atomic E-state index is -0.0321. The summed E-state index contributed by atoms with van der Waals surface area (Å²) in [7, 11) is 0. The molecule has 1 aromatic heterocycles.